The number of aromatic nitrogens is 2. The molecule has 2 saturated heterocycles. The number of halogens is 2. The van der Waals surface area contributed by atoms with E-state index < -0.39 is 0 Å². The Labute approximate surface area is 166 Å². The Balaban J connectivity index is 1.42. The van der Waals surface area contributed by atoms with Gasteiger partial charge in [-0.25, -0.2) is 9.07 Å². The second kappa shape index (κ2) is 7.94. The second-order valence-corrected chi connectivity index (χ2v) is 8.03. The maximum absolute atomic E-state index is 14.4. The van der Waals surface area contributed by atoms with Crippen LogP contribution in [0, 0.1) is 5.82 Å². The summed E-state index contributed by atoms with van der Waals surface area (Å²) in [6.45, 7) is 3.67. The summed E-state index contributed by atoms with van der Waals surface area (Å²) in [6.07, 6.45) is 10.2. The Morgan fingerprint density at radius 3 is 2.93 bits per heavy atom. The first-order valence-electron chi connectivity index (χ1n) is 9.31. The third-order valence-corrected chi connectivity index (χ3v) is 5.75. The Bertz CT molecular complexity index is 865. The van der Waals surface area contributed by atoms with Crippen LogP contribution in [0.15, 0.2) is 41.1 Å². The van der Waals surface area contributed by atoms with Crippen molar-refractivity contribution in [2.45, 2.75) is 25.3 Å². The molecule has 2 aliphatic heterocycles. The van der Waals surface area contributed by atoms with Crippen molar-refractivity contribution in [1.29, 1.82) is 0 Å². The van der Waals surface area contributed by atoms with Crippen molar-refractivity contribution in [1.82, 2.24) is 19.6 Å². The molecule has 1 unspecified atom stereocenters. The number of nitrogens with zero attached hydrogens (tertiary/aromatic N) is 4. The molecule has 7 heteroatoms. The molecule has 2 fully saturated rings. The van der Waals surface area contributed by atoms with Gasteiger partial charge >= 0.3 is 0 Å². The van der Waals surface area contributed by atoms with Crippen LogP contribution in [0.4, 0.5) is 4.39 Å². The van der Waals surface area contributed by atoms with Gasteiger partial charge in [0.1, 0.15) is 11.5 Å². The van der Waals surface area contributed by atoms with Gasteiger partial charge in [0, 0.05) is 37.9 Å². The van der Waals surface area contributed by atoms with Crippen LogP contribution in [0.2, 0.25) is 0 Å². The molecular formula is C20H22BrFN4O. The van der Waals surface area contributed by atoms with Crippen molar-refractivity contribution >= 4 is 27.9 Å². The van der Waals surface area contributed by atoms with Crippen molar-refractivity contribution in [2.24, 2.45) is 0 Å². The molecule has 2 aliphatic rings. The monoisotopic (exact) mass is 432 g/mol. The average molecular weight is 433 g/mol. The molecule has 1 aromatic heterocycles. The van der Waals surface area contributed by atoms with Crippen molar-refractivity contribution in [2.75, 3.05) is 26.2 Å². The van der Waals surface area contributed by atoms with Gasteiger partial charge in [0.15, 0.2) is 0 Å². The Morgan fingerprint density at radius 1 is 1.26 bits per heavy atom. The molecule has 1 amide bonds. The van der Waals surface area contributed by atoms with Crippen molar-refractivity contribution < 1.29 is 9.18 Å². The maximum Gasteiger partial charge on any atom is 0.246 e. The van der Waals surface area contributed by atoms with Gasteiger partial charge in [-0.3, -0.25) is 9.69 Å². The fraction of sp³-hybridized carbons (Fsp3) is 0.400. The van der Waals surface area contributed by atoms with Crippen LogP contribution in [0.25, 0.3) is 11.8 Å². The number of carbonyl (C=O) groups excluding carboxylic acids is 1. The molecule has 0 radical (unpaired) electrons. The molecule has 3 heterocycles. The highest BCUT2D eigenvalue weighted by atomic mass is 79.9. The highest BCUT2D eigenvalue weighted by molar-refractivity contribution is 9.10. The van der Waals surface area contributed by atoms with E-state index in [1.807, 2.05) is 4.90 Å². The highest BCUT2D eigenvalue weighted by Gasteiger charge is 2.30. The smallest absolute Gasteiger partial charge is 0.246 e. The summed E-state index contributed by atoms with van der Waals surface area (Å²) in [5.41, 5.74) is 1.03. The summed E-state index contributed by atoms with van der Waals surface area (Å²) in [5.74, 6) is -0.378. The first-order valence-corrected chi connectivity index (χ1v) is 10.1. The molecular weight excluding hydrogens is 411 g/mol. The molecule has 1 aromatic carbocycles. The van der Waals surface area contributed by atoms with Crippen molar-refractivity contribution in [3.05, 3.63) is 52.5 Å². The van der Waals surface area contributed by atoms with E-state index in [0.29, 0.717) is 17.3 Å². The topological polar surface area (TPSA) is 41.4 Å². The summed E-state index contributed by atoms with van der Waals surface area (Å²) < 4.78 is 16.7. The Morgan fingerprint density at radius 2 is 2.15 bits per heavy atom. The number of carbonyl (C=O) groups is 1. The lowest BCUT2D eigenvalue weighted by atomic mass is 9.99. The number of amides is 1. The molecule has 1 atom stereocenters. The number of hydrogen-bond acceptors (Lipinski definition) is 3. The number of benzene rings is 1. The van der Waals surface area contributed by atoms with E-state index in [1.165, 1.54) is 30.0 Å². The van der Waals surface area contributed by atoms with Gasteiger partial charge in [-0.2, -0.15) is 5.10 Å². The van der Waals surface area contributed by atoms with E-state index in [2.05, 4.69) is 25.9 Å². The predicted octanol–water partition coefficient (Wildman–Crippen LogP) is 3.48. The van der Waals surface area contributed by atoms with E-state index in [0.717, 1.165) is 30.7 Å². The molecule has 5 nitrogen and oxygen atoms in total. The third kappa shape index (κ3) is 4.14. The third-order valence-electron chi connectivity index (χ3n) is 5.34. The van der Waals surface area contributed by atoms with Gasteiger partial charge in [-0.05, 0) is 59.1 Å². The minimum Gasteiger partial charge on any atom is -0.336 e. The lowest BCUT2D eigenvalue weighted by Crippen LogP contribution is -2.55. The SMILES string of the molecule is O=C(/C=C/c1ccc(-n2cc(Br)cn2)c(F)c1)N1CCN2CCCCC2C1. The van der Waals surface area contributed by atoms with Crippen LogP contribution in [-0.4, -0.2) is 57.7 Å². The molecule has 0 saturated carbocycles. The zero-order valence-electron chi connectivity index (χ0n) is 15.0. The van der Waals surface area contributed by atoms with E-state index in [9.17, 15) is 9.18 Å². The first kappa shape index (κ1) is 18.4. The van der Waals surface area contributed by atoms with Crippen LogP contribution in [0.5, 0.6) is 0 Å². The van der Waals surface area contributed by atoms with Crippen LogP contribution in [0.1, 0.15) is 24.8 Å². The number of hydrogen-bond donors (Lipinski definition) is 0. The van der Waals surface area contributed by atoms with Crippen molar-refractivity contribution in [3.63, 3.8) is 0 Å². The maximum atomic E-state index is 14.4. The van der Waals surface area contributed by atoms with E-state index in [-0.39, 0.29) is 11.7 Å². The normalized spacial score (nSPS) is 20.8. The molecule has 2 aromatic rings. The average Bonchev–Trinajstić information content (AvgIpc) is 3.11. The molecule has 0 N–H and O–H groups in total. The quantitative estimate of drug-likeness (QED) is 0.697. The predicted molar refractivity (Wildman–Crippen MR) is 106 cm³/mol. The summed E-state index contributed by atoms with van der Waals surface area (Å²) in [5, 5.41) is 4.09. The van der Waals surface area contributed by atoms with Crippen LogP contribution in [-0.2, 0) is 4.79 Å². The van der Waals surface area contributed by atoms with Gasteiger partial charge in [-0.1, -0.05) is 12.5 Å². The van der Waals surface area contributed by atoms with Crippen molar-refractivity contribution in [3.8, 4) is 5.69 Å². The van der Waals surface area contributed by atoms with E-state index in [1.54, 1.807) is 36.7 Å². The second-order valence-electron chi connectivity index (χ2n) is 7.12. The molecule has 27 heavy (non-hydrogen) atoms. The number of rotatable bonds is 3. The standard InChI is InChI=1S/C20H22BrFN4O/c21-16-12-23-26(13-16)19-6-4-15(11-18(19)22)5-7-20(27)25-10-9-24-8-2-1-3-17(24)14-25/h4-7,11-13,17H,1-3,8-10,14H2/b7-5+. The van der Waals surface area contributed by atoms with Crippen LogP contribution in [0.3, 0.4) is 0 Å². The van der Waals surface area contributed by atoms with Gasteiger partial charge in [-0.15, -0.1) is 0 Å². The summed E-state index contributed by atoms with van der Waals surface area (Å²) in [7, 11) is 0. The largest absolute Gasteiger partial charge is 0.336 e. The molecule has 4 rings (SSSR count). The zero-order chi connectivity index (χ0) is 18.8. The lowest BCUT2D eigenvalue weighted by molar-refractivity contribution is -0.129. The minimum atomic E-state index is -0.379. The van der Waals surface area contributed by atoms with Crippen LogP contribution < -0.4 is 0 Å². The first-order chi connectivity index (χ1) is 13.1. The molecule has 0 bridgehead atoms. The fourth-order valence-corrected chi connectivity index (χ4v) is 4.16. The van der Waals surface area contributed by atoms with Gasteiger partial charge in [0.05, 0.1) is 10.7 Å². The van der Waals surface area contributed by atoms with E-state index in [4.69, 9.17) is 0 Å². The Kier molecular flexibility index (Phi) is 5.41. The Hall–Kier alpha value is -1.99. The van der Waals surface area contributed by atoms with Gasteiger partial charge < -0.3 is 4.90 Å². The zero-order valence-corrected chi connectivity index (χ0v) is 16.6. The minimum absolute atomic E-state index is 0.000662. The number of piperazine rings is 1. The summed E-state index contributed by atoms with van der Waals surface area (Å²) in [6, 6.07) is 5.37. The fourth-order valence-electron chi connectivity index (χ4n) is 3.87. The van der Waals surface area contributed by atoms with E-state index >= 15 is 0 Å². The number of piperidine rings is 1. The lowest BCUT2D eigenvalue weighted by Gasteiger charge is -2.43. The molecule has 0 aliphatic carbocycles. The highest BCUT2D eigenvalue weighted by Crippen LogP contribution is 2.22. The number of fused-ring (bicyclic) bond motifs is 1. The van der Waals surface area contributed by atoms with Gasteiger partial charge in [0.2, 0.25) is 5.91 Å². The van der Waals surface area contributed by atoms with Gasteiger partial charge in [0.25, 0.3) is 0 Å². The summed E-state index contributed by atoms with van der Waals surface area (Å²) >= 11 is 3.31. The van der Waals surface area contributed by atoms with Crippen LogP contribution >= 0.6 is 15.9 Å². The molecule has 142 valence electrons. The summed E-state index contributed by atoms with van der Waals surface area (Å²) in [4.78, 5) is 16.9. The molecule has 0 spiro atoms.